The van der Waals surface area contributed by atoms with Crippen LogP contribution in [0, 0.1) is 0 Å². The molecule has 1 N–H and O–H groups in total. The number of amides is 2. The summed E-state index contributed by atoms with van der Waals surface area (Å²) in [5.41, 5.74) is 1.53. The normalized spacial score (nSPS) is 23.6. The van der Waals surface area contributed by atoms with Crippen LogP contribution in [0.2, 0.25) is 0 Å². The molecule has 2 atom stereocenters. The summed E-state index contributed by atoms with van der Waals surface area (Å²) in [6.07, 6.45) is 1.30. The van der Waals surface area contributed by atoms with Crippen molar-refractivity contribution < 1.29 is 19.1 Å². The van der Waals surface area contributed by atoms with Gasteiger partial charge in [0.25, 0.3) is 0 Å². The maximum Gasteiger partial charge on any atom is 0.249 e. The number of rotatable bonds is 5. The van der Waals surface area contributed by atoms with Gasteiger partial charge < -0.3 is 19.7 Å². The van der Waals surface area contributed by atoms with Crippen LogP contribution in [-0.4, -0.2) is 52.6 Å². The van der Waals surface area contributed by atoms with Gasteiger partial charge in [0.05, 0.1) is 24.8 Å². The smallest absolute Gasteiger partial charge is 0.249 e. The van der Waals surface area contributed by atoms with Gasteiger partial charge in [-0.25, -0.2) is 4.98 Å². The van der Waals surface area contributed by atoms with Gasteiger partial charge in [0.2, 0.25) is 11.8 Å². The van der Waals surface area contributed by atoms with Crippen molar-refractivity contribution >= 4 is 40.0 Å². The Morgan fingerprint density at radius 2 is 2.18 bits per heavy atom. The number of benzene rings is 1. The SMILES string of the molecule is COc1ccc(-c2csc(NC(=O)[C@H]3CS[C@@]4(C)CCC(=O)N34)n2)c(OC)c1. The first-order valence-electron chi connectivity index (χ1n) is 8.90. The topological polar surface area (TPSA) is 80.8 Å². The summed E-state index contributed by atoms with van der Waals surface area (Å²) in [6.45, 7) is 2.04. The van der Waals surface area contributed by atoms with Crippen molar-refractivity contribution in [1.29, 1.82) is 0 Å². The summed E-state index contributed by atoms with van der Waals surface area (Å²) in [5, 5.41) is 5.25. The van der Waals surface area contributed by atoms with Crippen LogP contribution in [0.15, 0.2) is 23.6 Å². The van der Waals surface area contributed by atoms with Gasteiger partial charge in [0, 0.05) is 29.2 Å². The summed E-state index contributed by atoms with van der Waals surface area (Å²) in [4.78, 5) is 31.1. The Labute approximate surface area is 171 Å². The number of carbonyl (C=O) groups excluding carboxylic acids is 2. The van der Waals surface area contributed by atoms with E-state index < -0.39 is 6.04 Å². The van der Waals surface area contributed by atoms with E-state index >= 15 is 0 Å². The fourth-order valence-electron chi connectivity index (χ4n) is 3.67. The highest BCUT2D eigenvalue weighted by atomic mass is 32.2. The average Bonchev–Trinajstić information content (AvgIpc) is 3.37. The highest BCUT2D eigenvalue weighted by Crippen LogP contribution is 2.47. The van der Waals surface area contributed by atoms with Gasteiger partial charge in [-0.15, -0.1) is 23.1 Å². The van der Waals surface area contributed by atoms with E-state index in [2.05, 4.69) is 10.3 Å². The zero-order valence-corrected chi connectivity index (χ0v) is 17.5. The molecule has 2 aromatic rings. The van der Waals surface area contributed by atoms with Crippen LogP contribution in [0.3, 0.4) is 0 Å². The van der Waals surface area contributed by atoms with Crippen LogP contribution < -0.4 is 14.8 Å². The largest absolute Gasteiger partial charge is 0.497 e. The van der Waals surface area contributed by atoms with Gasteiger partial charge in [0.15, 0.2) is 5.13 Å². The number of thiazole rings is 1. The van der Waals surface area contributed by atoms with Crippen molar-refractivity contribution in [2.24, 2.45) is 0 Å². The van der Waals surface area contributed by atoms with Gasteiger partial charge in [-0.1, -0.05) is 0 Å². The van der Waals surface area contributed by atoms with Crippen LogP contribution in [0.4, 0.5) is 5.13 Å². The molecule has 2 aliphatic heterocycles. The maximum atomic E-state index is 12.8. The molecule has 0 spiro atoms. The van der Waals surface area contributed by atoms with Crippen LogP contribution in [0.1, 0.15) is 19.8 Å². The van der Waals surface area contributed by atoms with Crippen molar-refractivity contribution in [1.82, 2.24) is 9.88 Å². The molecule has 28 heavy (non-hydrogen) atoms. The quantitative estimate of drug-likeness (QED) is 0.802. The first-order chi connectivity index (χ1) is 13.4. The number of fused-ring (bicyclic) bond motifs is 1. The van der Waals surface area contributed by atoms with Gasteiger partial charge in [0.1, 0.15) is 17.5 Å². The molecule has 3 heterocycles. The fraction of sp³-hybridized carbons (Fsp3) is 0.421. The van der Waals surface area contributed by atoms with Crippen LogP contribution >= 0.6 is 23.1 Å². The Morgan fingerprint density at radius 3 is 2.93 bits per heavy atom. The zero-order valence-electron chi connectivity index (χ0n) is 15.9. The Kier molecular flexibility index (Phi) is 4.96. The monoisotopic (exact) mass is 419 g/mol. The number of anilines is 1. The second-order valence-corrected chi connectivity index (χ2v) is 9.22. The van der Waals surface area contributed by atoms with Crippen molar-refractivity contribution in [2.75, 3.05) is 25.3 Å². The molecule has 2 saturated heterocycles. The molecule has 0 unspecified atom stereocenters. The third kappa shape index (κ3) is 3.22. The molecular weight excluding hydrogens is 398 g/mol. The van der Waals surface area contributed by atoms with E-state index in [1.807, 2.05) is 24.4 Å². The molecule has 1 aromatic carbocycles. The zero-order chi connectivity index (χ0) is 19.9. The number of nitrogens with zero attached hydrogens (tertiary/aromatic N) is 2. The van der Waals surface area contributed by atoms with E-state index in [1.165, 1.54) is 11.3 Å². The van der Waals surface area contributed by atoms with Crippen molar-refractivity contribution in [2.45, 2.75) is 30.7 Å². The molecule has 2 amide bonds. The minimum atomic E-state index is -0.451. The number of ether oxygens (including phenoxy) is 2. The summed E-state index contributed by atoms with van der Waals surface area (Å²) in [7, 11) is 3.19. The standard InChI is InChI=1S/C19H21N3O4S2/c1-19-7-6-16(23)22(19)14(10-28-19)17(24)21-18-20-13(9-27-18)12-5-4-11(25-2)8-15(12)26-3/h4-5,8-9,14H,6-7,10H2,1-3H3,(H,20,21,24)/t14-,19+/m1/s1. The summed E-state index contributed by atoms with van der Waals surface area (Å²) in [5.74, 6) is 1.82. The second kappa shape index (κ2) is 7.29. The van der Waals surface area contributed by atoms with Gasteiger partial charge in [-0.3, -0.25) is 9.59 Å². The molecule has 0 bridgehead atoms. The third-order valence-electron chi connectivity index (χ3n) is 5.17. The molecule has 148 valence electrons. The number of carbonyl (C=O) groups is 2. The molecule has 0 radical (unpaired) electrons. The summed E-state index contributed by atoms with van der Waals surface area (Å²) < 4.78 is 10.7. The second-order valence-electron chi connectivity index (χ2n) is 6.86. The van der Waals surface area contributed by atoms with Crippen molar-refractivity contribution in [3.63, 3.8) is 0 Å². The van der Waals surface area contributed by atoms with Crippen LogP contribution in [-0.2, 0) is 9.59 Å². The van der Waals surface area contributed by atoms with E-state index in [0.717, 1.165) is 12.0 Å². The molecular formula is C19H21N3O4S2. The number of hydrogen-bond donors (Lipinski definition) is 1. The minimum absolute atomic E-state index is 0.0513. The Bertz CT molecular complexity index is 932. The minimum Gasteiger partial charge on any atom is -0.497 e. The van der Waals surface area contributed by atoms with Crippen LogP contribution in [0.5, 0.6) is 11.5 Å². The number of aromatic nitrogens is 1. The highest BCUT2D eigenvalue weighted by Gasteiger charge is 2.52. The number of hydrogen-bond acceptors (Lipinski definition) is 7. The predicted molar refractivity (Wildman–Crippen MR) is 110 cm³/mol. The average molecular weight is 420 g/mol. The van der Waals surface area contributed by atoms with Gasteiger partial charge in [-0.05, 0) is 25.5 Å². The maximum absolute atomic E-state index is 12.8. The molecule has 9 heteroatoms. The molecule has 2 fully saturated rings. The molecule has 4 rings (SSSR count). The van der Waals surface area contributed by atoms with Crippen LogP contribution in [0.25, 0.3) is 11.3 Å². The van der Waals surface area contributed by atoms with Gasteiger partial charge >= 0.3 is 0 Å². The van der Waals surface area contributed by atoms with Crippen molar-refractivity contribution in [3.8, 4) is 22.8 Å². The number of methoxy groups -OCH3 is 2. The number of nitrogens with one attached hydrogen (secondary N) is 1. The first-order valence-corrected chi connectivity index (χ1v) is 10.8. The summed E-state index contributed by atoms with van der Waals surface area (Å²) in [6, 6.07) is 5.06. The Hall–Kier alpha value is -2.26. The van der Waals surface area contributed by atoms with E-state index in [-0.39, 0.29) is 16.7 Å². The molecule has 2 aliphatic rings. The molecule has 7 nitrogen and oxygen atoms in total. The van der Waals surface area contributed by atoms with E-state index in [9.17, 15) is 9.59 Å². The lowest BCUT2D eigenvalue weighted by atomic mass is 10.1. The molecule has 0 aliphatic carbocycles. The van der Waals surface area contributed by atoms with Crippen molar-refractivity contribution in [3.05, 3.63) is 23.6 Å². The summed E-state index contributed by atoms with van der Waals surface area (Å²) >= 11 is 3.02. The number of thioether (sulfide) groups is 1. The Morgan fingerprint density at radius 1 is 1.36 bits per heavy atom. The lowest BCUT2D eigenvalue weighted by molar-refractivity contribution is -0.135. The lowest BCUT2D eigenvalue weighted by Gasteiger charge is -2.29. The Balaban J connectivity index is 1.51. The third-order valence-corrected chi connectivity index (χ3v) is 7.43. The van der Waals surface area contributed by atoms with E-state index in [0.29, 0.717) is 34.5 Å². The van der Waals surface area contributed by atoms with E-state index in [4.69, 9.17) is 9.47 Å². The lowest BCUT2D eigenvalue weighted by Crippen LogP contribution is -2.48. The van der Waals surface area contributed by atoms with Gasteiger partial charge in [-0.2, -0.15) is 0 Å². The fourth-order valence-corrected chi connectivity index (χ4v) is 5.81. The highest BCUT2D eigenvalue weighted by molar-refractivity contribution is 8.01. The first kappa shape index (κ1) is 19.1. The molecule has 1 aromatic heterocycles. The molecule has 0 saturated carbocycles. The predicted octanol–water partition coefficient (Wildman–Crippen LogP) is 3.22. The van der Waals surface area contributed by atoms with E-state index in [1.54, 1.807) is 36.9 Å².